The fourth-order valence-electron chi connectivity index (χ4n) is 2.27. The molecule has 2 aromatic rings. The van der Waals surface area contributed by atoms with Crippen molar-refractivity contribution in [3.05, 3.63) is 58.8 Å². The number of carbonyl (C=O) groups is 2. The van der Waals surface area contributed by atoms with Crippen LogP contribution in [0.15, 0.2) is 47.6 Å². The fourth-order valence-corrected chi connectivity index (χ4v) is 3.45. The van der Waals surface area contributed by atoms with Gasteiger partial charge in [0.2, 0.25) is 0 Å². The molecule has 27 heavy (non-hydrogen) atoms. The zero-order valence-corrected chi connectivity index (χ0v) is 15.8. The molecular formula is C18H15N3O4S2. The predicted molar refractivity (Wildman–Crippen MR) is 106 cm³/mol. The highest BCUT2D eigenvalue weighted by Gasteiger charge is 2.33. The number of phenolic OH excluding ortho intramolecular Hbond substituents is 1. The maximum atomic E-state index is 12.6. The molecule has 3 rings (SSSR count). The summed E-state index contributed by atoms with van der Waals surface area (Å²) in [6.07, 6.45) is 4.57. The maximum absolute atomic E-state index is 12.6. The van der Waals surface area contributed by atoms with Crippen molar-refractivity contribution in [2.24, 2.45) is 0 Å². The van der Waals surface area contributed by atoms with Crippen LogP contribution in [0.2, 0.25) is 0 Å². The number of aromatic hydroxyl groups is 1. The van der Waals surface area contributed by atoms with Crippen LogP contribution >= 0.6 is 24.0 Å². The number of rotatable bonds is 5. The van der Waals surface area contributed by atoms with E-state index in [0.717, 1.165) is 16.8 Å². The van der Waals surface area contributed by atoms with Gasteiger partial charge in [-0.2, -0.15) is 5.01 Å². The van der Waals surface area contributed by atoms with Gasteiger partial charge in [-0.15, -0.1) is 0 Å². The van der Waals surface area contributed by atoms with Crippen molar-refractivity contribution in [2.75, 3.05) is 6.61 Å². The number of pyridine rings is 1. The summed E-state index contributed by atoms with van der Waals surface area (Å²) < 4.78 is 5.56. The Hall–Kier alpha value is -2.91. The first kappa shape index (κ1) is 18.9. The van der Waals surface area contributed by atoms with Gasteiger partial charge in [-0.05, 0) is 55.0 Å². The number of benzene rings is 1. The van der Waals surface area contributed by atoms with E-state index in [0.29, 0.717) is 28.4 Å². The Morgan fingerprint density at radius 3 is 2.96 bits per heavy atom. The molecule has 1 saturated heterocycles. The molecular weight excluding hydrogens is 386 g/mol. The Morgan fingerprint density at radius 1 is 1.44 bits per heavy atom. The number of amides is 2. The lowest BCUT2D eigenvalue weighted by Crippen LogP contribution is -2.44. The number of nitrogens with zero attached hydrogens (tertiary/aromatic N) is 2. The summed E-state index contributed by atoms with van der Waals surface area (Å²) in [4.78, 5) is 29.1. The lowest BCUT2D eigenvalue weighted by molar-refractivity contribution is -0.123. The molecule has 1 aromatic carbocycles. The Balaban J connectivity index is 1.78. The highest BCUT2D eigenvalue weighted by atomic mass is 32.2. The minimum atomic E-state index is -0.482. The first-order valence-corrected chi connectivity index (χ1v) is 9.17. The molecule has 0 atom stereocenters. The molecule has 138 valence electrons. The average molecular weight is 401 g/mol. The summed E-state index contributed by atoms with van der Waals surface area (Å²) in [5.41, 5.74) is 3.47. The molecule has 1 fully saturated rings. The SMILES string of the molecule is CCOc1cc(C=C2SC(=S)N(NC(=O)c3cccnc3)C2=O)ccc1O. The van der Waals surface area contributed by atoms with E-state index in [1.54, 1.807) is 36.5 Å². The zero-order valence-electron chi connectivity index (χ0n) is 14.2. The molecule has 2 heterocycles. The van der Waals surface area contributed by atoms with Gasteiger partial charge in [-0.3, -0.25) is 20.0 Å². The normalized spacial score (nSPS) is 15.3. The van der Waals surface area contributed by atoms with E-state index in [-0.39, 0.29) is 10.1 Å². The summed E-state index contributed by atoms with van der Waals surface area (Å²) in [7, 11) is 0. The largest absolute Gasteiger partial charge is 0.504 e. The standard InChI is InChI=1S/C18H15N3O4S2/c1-2-25-14-8-11(5-6-13(14)22)9-15-17(24)21(18(26)27-15)20-16(23)12-4-3-7-19-10-12/h3-10,22H,2H2,1H3,(H,20,23). The van der Waals surface area contributed by atoms with E-state index >= 15 is 0 Å². The molecule has 1 aromatic heterocycles. The van der Waals surface area contributed by atoms with Gasteiger partial charge < -0.3 is 9.84 Å². The second kappa shape index (κ2) is 8.19. The third-order valence-electron chi connectivity index (χ3n) is 3.51. The summed E-state index contributed by atoms with van der Waals surface area (Å²) in [6.45, 7) is 2.21. The van der Waals surface area contributed by atoms with Crippen molar-refractivity contribution in [1.29, 1.82) is 0 Å². The van der Waals surface area contributed by atoms with Gasteiger partial charge >= 0.3 is 0 Å². The minimum Gasteiger partial charge on any atom is -0.504 e. The number of nitrogens with one attached hydrogen (secondary N) is 1. The molecule has 0 radical (unpaired) electrons. The molecule has 0 unspecified atom stereocenters. The number of hydrogen-bond acceptors (Lipinski definition) is 7. The van der Waals surface area contributed by atoms with Crippen LogP contribution in [0.1, 0.15) is 22.8 Å². The van der Waals surface area contributed by atoms with Crippen molar-refractivity contribution in [3.8, 4) is 11.5 Å². The molecule has 9 heteroatoms. The smallest absolute Gasteiger partial charge is 0.285 e. The first-order chi connectivity index (χ1) is 13.0. The highest BCUT2D eigenvalue weighted by Crippen LogP contribution is 2.33. The van der Waals surface area contributed by atoms with Gasteiger partial charge in [0.1, 0.15) is 0 Å². The molecule has 0 aliphatic carbocycles. The summed E-state index contributed by atoms with van der Waals surface area (Å²) in [6, 6.07) is 7.97. The molecule has 2 N–H and O–H groups in total. The van der Waals surface area contributed by atoms with Gasteiger partial charge in [-0.1, -0.05) is 17.8 Å². The fraction of sp³-hybridized carbons (Fsp3) is 0.111. The number of carbonyl (C=O) groups excluding carboxylic acids is 2. The quantitative estimate of drug-likeness (QED) is 0.588. The second-order valence-electron chi connectivity index (χ2n) is 5.36. The van der Waals surface area contributed by atoms with E-state index in [1.807, 2.05) is 6.92 Å². The average Bonchev–Trinajstić information content (AvgIpc) is 2.92. The van der Waals surface area contributed by atoms with Crippen LogP contribution in [-0.4, -0.2) is 37.8 Å². The molecule has 1 aliphatic heterocycles. The van der Waals surface area contributed by atoms with Crippen LogP contribution in [0, 0.1) is 0 Å². The molecule has 0 spiro atoms. The van der Waals surface area contributed by atoms with Gasteiger partial charge in [-0.25, -0.2) is 0 Å². The third kappa shape index (κ3) is 4.26. The van der Waals surface area contributed by atoms with Crippen LogP contribution in [0.4, 0.5) is 0 Å². The third-order valence-corrected chi connectivity index (χ3v) is 4.81. The monoisotopic (exact) mass is 401 g/mol. The Bertz CT molecular complexity index is 931. The van der Waals surface area contributed by atoms with Crippen molar-refractivity contribution in [1.82, 2.24) is 15.4 Å². The van der Waals surface area contributed by atoms with Crippen LogP contribution in [-0.2, 0) is 4.79 Å². The maximum Gasteiger partial charge on any atom is 0.285 e. The number of ether oxygens (including phenoxy) is 1. The van der Waals surface area contributed by atoms with E-state index in [2.05, 4.69) is 10.4 Å². The summed E-state index contributed by atoms with van der Waals surface area (Å²) >= 11 is 6.27. The highest BCUT2D eigenvalue weighted by molar-refractivity contribution is 8.26. The van der Waals surface area contributed by atoms with E-state index in [9.17, 15) is 14.7 Å². The van der Waals surface area contributed by atoms with Crippen LogP contribution < -0.4 is 10.2 Å². The number of thiocarbonyl (C=S) groups is 1. The molecule has 1 aliphatic rings. The lowest BCUT2D eigenvalue weighted by Gasteiger charge is -2.15. The number of aromatic nitrogens is 1. The predicted octanol–water partition coefficient (Wildman–Crippen LogP) is 2.73. The number of hydrazine groups is 1. The van der Waals surface area contributed by atoms with E-state index in [4.69, 9.17) is 17.0 Å². The van der Waals surface area contributed by atoms with E-state index in [1.165, 1.54) is 12.3 Å². The second-order valence-corrected chi connectivity index (χ2v) is 7.04. The van der Waals surface area contributed by atoms with E-state index < -0.39 is 11.8 Å². The topological polar surface area (TPSA) is 91.8 Å². The van der Waals surface area contributed by atoms with Crippen LogP contribution in [0.5, 0.6) is 11.5 Å². The van der Waals surface area contributed by atoms with Gasteiger partial charge in [0, 0.05) is 12.4 Å². The summed E-state index contributed by atoms with van der Waals surface area (Å²) in [5, 5.41) is 10.8. The van der Waals surface area contributed by atoms with Crippen LogP contribution in [0.25, 0.3) is 6.08 Å². The van der Waals surface area contributed by atoms with Crippen LogP contribution in [0.3, 0.4) is 0 Å². The Labute approximate surface area is 165 Å². The molecule has 0 saturated carbocycles. The van der Waals surface area contributed by atoms with Crippen molar-refractivity contribution in [2.45, 2.75) is 6.92 Å². The van der Waals surface area contributed by atoms with Crippen molar-refractivity contribution in [3.63, 3.8) is 0 Å². The van der Waals surface area contributed by atoms with Crippen molar-refractivity contribution < 1.29 is 19.4 Å². The van der Waals surface area contributed by atoms with Gasteiger partial charge in [0.15, 0.2) is 15.8 Å². The Kier molecular flexibility index (Phi) is 5.72. The molecule has 0 bridgehead atoms. The summed E-state index contributed by atoms with van der Waals surface area (Å²) in [5.74, 6) is -0.575. The minimum absolute atomic E-state index is 0.0188. The van der Waals surface area contributed by atoms with Gasteiger partial charge in [0.25, 0.3) is 11.8 Å². The lowest BCUT2D eigenvalue weighted by atomic mass is 10.2. The Morgan fingerprint density at radius 2 is 2.26 bits per heavy atom. The first-order valence-electron chi connectivity index (χ1n) is 7.94. The number of hydrogen-bond donors (Lipinski definition) is 2. The zero-order chi connectivity index (χ0) is 19.4. The van der Waals surface area contributed by atoms with Gasteiger partial charge in [0.05, 0.1) is 17.1 Å². The molecule has 7 nitrogen and oxygen atoms in total. The number of thioether (sulfide) groups is 1. The van der Waals surface area contributed by atoms with Crippen molar-refractivity contribution >= 4 is 46.2 Å². The number of phenols is 1. The molecule has 2 amide bonds.